The lowest BCUT2D eigenvalue weighted by atomic mass is 10.0. The molecule has 0 amide bonds. The molecule has 3 aromatic carbocycles. The van der Waals surface area contributed by atoms with Crippen LogP contribution in [0.4, 0.5) is 0 Å². The number of pyridine rings is 2. The molecule has 0 saturated heterocycles. The van der Waals surface area contributed by atoms with Crippen LogP contribution in [0.5, 0.6) is 0 Å². The third kappa shape index (κ3) is 2.92. The zero-order chi connectivity index (χ0) is 21.7. The van der Waals surface area contributed by atoms with Gasteiger partial charge >= 0.3 is 0 Å². The van der Waals surface area contributed by atoms with Crippen LogP contribution in [0.1, 0.15) is 11.1 Å². The molecule has 0 fully saturated rings. The van der Waals surface area contributed by atoms with Gasteiger partial charge in [0.1, 0.15) is 0 Å². The highest BCUT2D eigenvalue weighted by Crippen LogP contribution is 2.36. The van der Waals surface area contributed by atoms with Crippen LogP contribution in [0, 0.1) is 13.8 Å². The van der Waals surface area contributed by atoms with Gasteiger partial charge in [-0.15, -0.1) is 0 Å². The van der Waals surface area contributed by atoms with Gasteiger partial charge in [0.05, 0.1) is 33.5 Å². The number of fused-ring (bicyclic) bond motifs is 6. The van der Waals surface area contributed by atoms with Gasteiger partial charge in [-0.1, -0.05) is 59.7 Å². The van der Waals surface area contributed by atoms with Crippen molar-refractivity contribution in [2.45, 2.75) is 13.8 Å². The lowest BCUT2D eigenvalue weighted by molar-refractivity contribution is 1.29. The van der Waals surface area contributed by atoms with Crippen molar-refractivity contribution in [1.29, 1.82) is 0 Å². The second kappa shape index (κ2) is 7.20. The van der Waals surface area contributed by atoms with E-state index in [0.717, 1.165) is 55.4 Å². The minimum absolute atomic E-state index is 0.847. The molecule has 0 saturated carbocycles. The number of hydrogen-bond acceptors (Lipinski definition) is 4. The fourth-order valence-corrected chi connectivity index (χ4v) is 4.21. The third-order valence-corrected chi connectivity index (χ3v) is 5.90. The minimum Gasteiger partial charge on any atom is -0.254 e. The molecule has 6 rings (SSSR count). The van der Waals surface area contributed by atoms with E-state index in [4.69, 9.17) is 9.97 Å². The molecule has 0 unspecified atom stereocenters. The molecule has 0 radical (unpaired) electrons. The number of nitrogens with zero attached hydrogens (tertiary/aromatic N) is 4. The fourth-order valence-electron chi connectivity index (χ4n) is 4.21. The summed E-state index contributed by atoms with van der Waals surface area (Å²) in [5, 5.41) is 1.93. The first-order valence-corrected chi connectivity index (χ1v) is 10.7. The van der Waals surface area contributed by atoms with Crippen molar-refractivity contribution >= 4 is 32.8 Å². The number of hydrogen-bond donors (Lipinski definition) is 0. The van der Waals surface area contributed by atoms with Crippen LogP contribution in [0.25, 0.3) is 55.4 Å². The second-order valence-corrected chi connectivity index (χ2v) is 8.15. The van der Waals surface area contributed by atoms with E-state index in [1.807, 2.05) is 12.1 Å². The third-order valence-electron chi connectivity index (χ3n) is 5.90. The average molecular weight is 412 g/mol. The fraction of sp³-hybridized carbons (Fsp3) is 0.0714. The first kappa shape index (κ1) is 18.6. The molecule has 4 heteroatoms. The normalized spacial score (nSPS) is 11.4. The summed E-state index contributed by atoms with van der Waals surface area (Å²) in [7, 11) is 0. The summed E-state index contributed by atoms with van der Waals surface area (Å²) in [5.41, 5.74) is 9.65. The topological polar surface area (TPSA) is 51.6 Å². The van der Waals surface area contributed by atoms with E-state index >= 15 is 0 Å². The number of benzene rings is 3. The predicted molar refractivity (Wildman–Crippen MR) is 130 cm³/mol. The van der Waals surface area contributed by atoms with E-state index in [1.54, 1.807) is 12.4 Å². The Morgan fingerprint density at radius 2 is 0.875 bits per heavy atom. The lowest BCUT2D eigenvalue weighted by Gasteiger charge is -2.14. The van der Waals surface area contributed by atoms with Gasteiger partial charge in [-0.2, -0.15) is 0 Å². The van der Waals surface area contributed by atoms with Crippen LogP contribution < -0.4 is 0 Å². The summed E-state index contributed by atoms with van der Waals surface area (Å²) in [5.74, 6) is 0. The van der Waals surface area contributed by atoms with Gasteiger partial charge < -0.3 is 0 Å². The summed E-state index contributed by atoms with van der Waals surface area (Å²) < 4.78 is 0. The molecule has 0 aliphatic rings. The van der Waals surface area contributed by atoms with E-state index in [1.165, 1.54) is 11.1 Å². The first-order valence-electron chi connectivity index (χ1n) is 10.7. The van der Waals surface area contributed by atoms with E-state index in [0.29, 0.717) is 0 Å². The zero-order valence-electron chi connectivity index (χ0n) is 17.9. The number of aryl methyl sites for hydroxylation is 2. The van der Waals surface area contributed by atoms with Crippen molar-refractivity contribution < 1.29 is 0 Å². The summed E-state index contributed by atoms with van der Waals surface area (Å²) in [6, 6.07) is 24.9. The molecule has 0 atom stereocenters. The SMILES string of the molecule is Cc1ccc(-c2nc3c4cccnc4c4ncccc4c3nc2-c2ccc(C)cc2)cc1. The van der Waals surface area contributed by atoms with Gasteiger partial charge in [-0.3, -0.25) is 9.97 Å². The van der Waals surface area contributed by atoms with E-state index < -0.39 is 0 Å². The van der Waals surface area contributed by atoms with Crippen LogP contribution in [0.2, 0.25) is 0 Å². The Balaban J connectivity index is 1.79. The predicted octanol–water partition coefficient (Wildman–Crippen LogP) is 6.68. The number of aromatic nitrogens is 4. The monoisotopic (exact) mass is 412 g/mol. The van der Waals surface area contributed by atoms with Crippen molar-refractivity contribution in [2.24, 2.45) is 0 Å². The van der Waals surface area contributed by atoms with Crippen molar-refractivity contribution in [2.75, 3.05) is 0 Å². The van der Waals surface area contributed by atoms with Gasteiger partial charge in [0.25, 0.3) is 0 Å². The van der Waals surface area contributed by atoms with Crippen molar-refractivity contribution in [1.82, 2.24) is 19.9 Å². The summed E-state index contributed by atoms with van der Waals surface area (Å²) in [6.07, 6.45) is 3.61. The first-order chi connectivity index (χ1) is 15.7. The summed E-state index contributed by atoms with van der Waals surface area (Å²) in [4.78, 5) is 19.7. The summed E-state index contributed by atoms with van der Waals surface area (Å²) in [6.45, 7) is 4.18. The maximum absolute atomic E-state index is 5.22. The molecule has 0 spiro atoms. The van der Waals surface area contributed by atoms with Gasteiger partial charge in [0, 0.05) is 34.3 Å². The van der Waals surface area contributed by atoms with Crippen LogP contribution in [0.3, 0.4) is 0 Å². The van der Waals surface area contributed by atoms with Crippen LogP contribution in [-0.2, 0) is 0 Å². The Labute approximate surface area is 185 Å². The Morgan fingerprint density at radius 3 is 1.28 bits per heavy atom. The Kier molecular flexibility index (Phi) is 4.18. The standard InChI is InChI=1S/C28H20N4/c1-17-7-11-19(12-8-17)23-24(20-13-9-18(2)10-14-20)32-28-22-6-4-16-30-26(22)25-21(27(28)31-23)5-3-15-29-25/h3-16H,1-2H3. The lowest BCUT2D eigenvalue weighted by Crippen LogP contribution is -1.98. The largest absolute Gasteiger partial charge is 0.254 e. The van der Waals surface area contributed by atoms with Crippen molar-refractivity contribution in [3.63, 3.8) is 0 Å². The summed E-state index contributed by atoms with van der Waals surface area (Å²) >= 11 is 0. The Morgan fingerprint density at radius 1 is 0.469 bits per heavy atom. The van der Waals surface area contributed by atoms with Crippen molar-refractivity contribution in [3.05, 3.63) is 96.3 Å². The van der Waals surface area contributed by atoms with Crippen LogP contribution in [0.15, 0.2) is 85.2 Å². The Bertz CT molecular complexity index is 1490. The highest BCUT2D eigenvalue weighted by molar-refractivity contribution is 6.21. The van der Waals surface area contributed by atoms with E-state index in [-0.39, 0.29) is 0 Å². The molecule has 0 bridgehead atoms. The molecule has 3 aromatic heterocycles. The van der Waals surface area contributed by atoms with Gasteiger partial charge in [-0.05, 0) is 38.1 Å². The zero-order valence-corrected chi connectivity index (χ0v) is 17.9. The quantitative estimate of drug-likeness (QED) is 0.298. The molecule has 32 heavy (non-hydrogen) atoms. The highest BCUT2D eigenvalue weighted by Gasteiger charge is 2.18. The van der Waals surface area contributed by atoms with Gasteiger partial charge in [0.15, 0.2) is 0 Å². The molecule has 4 nitrogen and oxygen atoms in total. The highest BCUT2D eigenvalue weighted by atomic mass is 14.9. The maximum Gasteiger partial charge on any atom is 0.0996 e. The van der Waals surface area contributed by atoms with Gasteiger partial charge in [0.2, 0.25) is 0 Å². The second-order valence-electron chi connectivity index (χ2n) is 8.15. The molecule has 6 aromatic rings. The minimum atomic E-state index is 0.847. The smallest absolute Gasteiger partial charge is 0.0996 e. The molecule has 0 aliphatic heterocycles. The molecule has 3 heterocycles. The van der Waals surface area contributed by atoms with E-state index in [9.17, 15) is 0 Å². The average Bonchev–Trinajstić information content (AvgIpc) is 2.84. The van der Waals surface area contributed by atoms with Crippen molar-refractivity contribution in [3.8, 4) is 22.5 Å². The molecule has 0 N–H and O–H groups in total. The van der Waals surface area contributed by atoms with E-state index in [2.05, 4.69) is 84.5 Å². The molecule has 0 aliphatic carbocycles. The molecule has 152 valence electrons. The van der Waals surface area contributed by atoms with Gasteiger partial charge in [-0.25, -0.2) is 9.97 Å². The molecular weight excluding hydrogens is 392 g/mol. The maximum atomic E-state index is 5.22. The van der Waals surface area contributed by atoms with Crippen LogP contribution >= 0.6 is 0 Å². The van der Waals surface area contributed by atoms with Crippen LogP contribution in [-0.4, -0.2) is 19.9 Å². The molecular formula is C28H20N4. The Hall–Kier alpha value is -4.18. The number of rotatable bonds is 2.